The van der Waals surface area contributed by atoms with Crippen molar-refractivity contribution in [3.63, 3.8) is 0 Å². The van der Waals surface area contributed by atoms with Crippen LogP contribution in [0.25, 0.3) is 10.9 Å². The minimum absolute atomic E-state index is 0.0919. The van der Waals surface area contributed by atoms with Crippen molar-refractivity contribution in [2.24, 2.45) is 0 Å². The molecule has 0 atom stereocenters. The van der Waals surface area contributed by atoms with Gasteiger partial charge in [0.15, 0.2) is 0 Å². The van der Waals surface area contributed by atoms with Crippen LogP contribution in [0.3, 0.4) is 0 Å². The normalized spacial score (nSPS) is 15.7. The number of amides is 1. The summed E-state index contributed by atoms with van der Waals surface area (Å²) in [5.41, 5.74) is 2.31. The molecule has 1 aliphatic rings. The van der Waals surface area contributed by atoms with Crippen molar-refractivity contribution in [3.8, 4) is 0 Å². The molecule has 0 saturated carbocycles. The van der Waals surface area contributed by atoms with E-state index in [2.05, 4.69) is 34.4 Å². The van der Waals surface area contributed by atoms with E-state index < -0.39 is 0 Å². The molecular formula is C18H26N4O2. The van der Waals surface area contributed by atoms with E-state index in [0.717, 1.165) is 56.7 Å². The number of aryl methyl sites for hydroxylation is 2. The second-order valence-electron chi connectivity index (χ2n) is 6.29. The van der Waals surface area contributed by atoms with Gasteiger partial charge in [-0.1, -0.05) is 18.2 Å². The van der Waals surface area contributed by atoms with Crippen LogP contribution in [-0.2, 0) is 16.1 Å². The lowest BCUT2D eigenvalue weighted by molar-refractivity contribution is -0.121. The standard InChI is InChI=1S/C18H26N4O2/c1-15-4-2-5-16-14-20-22(18(15)16)9-6-17(23)19-7-3-8-21-10-12-24-13-11-21/h2,4-5,14H,3,6-13H2,1H3,(H,19,23). The van der Waals surface area contributed by atoms with Gasteiger partial charge in [0.05, 0.1) is 31.5 Å². The first-order valence-corrected chi connectivity index (χ1v) is 8.72. The molecule has 1 N–H and O–H groups in total. The predicted octanol–water partition coefficient (Wildman–Crippen LogP) is 1.57. The largest absolute Gasteiger partial charge is 0.379 e. The smallest absolute Gasteiger partial charge is 0.221 e. The lowest BCUT2D eigenvalue weighted by Crippen LogP contribution is -2.38. The molecule has 6 nitrogen and oxygen atoms in total. The fraction of sp³-hybridized carbons (Fsp3) is 0.556. The van der Waals surface area contributed by atoms with Crippen LogP contribution in [0.1, 0.15) is 18.4 Å². The molecular weight excluding hydrogens is 304 g/mol. The molecule has 0 aliphatic carbocycles. The average molecular weight is 330 g/mol. The van der Waals surface area contributed by atoms with Crippen molar-refractivity contribution in [1.82, 2.24) is 20.0 Å². The molecule has 1 aliphatic heterocycles. The number of para-hydroxylation sites is 1. The summed E-state index contributed by atoms with van der Waals surface area (Å²) < 4.78 is 7.26. The Morgan fingerprint density at radius 1 is 1.29 bits per heavy atom. The number of nitrogens with one attached hydrogen (secondary N) is 1. The highest BCUT2D eigenvalue weighted by Gasteiger charge is 2.10. The van der Waals surface area contributed by atoms with Gasteiger partial charge in [0, 0.05) is 31.4 Å². The Morgan fingerprint density at radius 2 is 2.12 bits per heavy atom. The zero-order valence-electron chi connectivity index (χ0n) is 14.3. The van der Waals surface area contributed by atoms with E-state index in [4.69, 9.17) is 4.74 Å². The van der Waals surface area contributed by atoms with E-state index in [-0.39, 0.29) is 5.91 Å². The summed E-state index contributed by atoms with van der Waals surface area (Å²) in [6, 6.07) is 6.16. The molecule has 1 aromatic heterocycles. The molecule has 3 rings (SSSR count). The first kappa shape index (κ1) is 16.9. The lowest BCUT2D eigenvalue weighted by atomic mass is 10.2. The maximum atomic E-state index is 12.0. The summed E-state index contributed by atoms with van der Waals surface area (Å²) in [6.45, 7) is 8.09. The highest BCUT2D eigenvalue weighted by molar-refractivity contribution is 5.82. The Balaban J connectivity index is 1.39. The van der Waals surface area contributed by atoms with Gasteiger partial charge < -0.3 is 10.1 Å². The van der Waals surface area contributed by atoms with Gasteiger partial charge in [-0.2, -0.15) is 5.10 Å². The highest BCUT2D eigenvalue weighted by atomic mass is 16.5. The second kappa shape index (κ2) is 8.26. The van der Waals surface area contributed by atoms with E-state index in [0.29, 0.717) is 13.0 Å². The van der Waals surface area contributed by atoms with E-state index in [9.17, 15) is 4.79 Å². The van der Waals surface area contributed by atoms with E-state index in [1.54, 1.807) is 0 Å². The SMILES string of the molecule is Cc1cccc2cnn(CCC(=O)NCCCN3CCOCC3)c12. The number of morpholine rings is 1. The third-order valence-electron chi connectivity index (χ3n) is 4.49. The van der Waals surface area contributed by atoms with E-state index in [1.807, 2.05) is 16.9 Å². The van der Waals surface area contributed by atoms with Crippen molar-refractivity contribution in [3.05, 3.63) is 30.0 Å². The molecule has 2 aromatic rings. The van der Waals surface area contributed by atoms with Gasteiger partial charge in [-0.15, -0.1) is 0 Å². The number of rotatable bonds is 7. The minimum atomic E-state index is 0.0919. The maximum absolute atomic E-state index is 12.0. The monoisotopic (exact) mass is 330 g/mol. The number of hydrogen-bond donors (Lipinski definition) is 1. The Hall–Kier alpha value is -1.92. The quantitative estimate of drug-likeness (QED) is 0.783. The lowest BCUT2D eigenvalue weighted by Gasteiger charge is -2.26. The van der Waals surface area contributed by atoms with Crippen molar-refractivity contribution in [2.75, 3.05) is 39.4 Å². The van der Waals surface area contributed by atoms with Crippen LogP contribution < -0.4 is 5.32 Å². The van der Waals surface area contributed by atoms with Crippen LogP contribution in [0.2, 0.25) is 0 Å². The molecule has 6 heteroatoms. The second-order valence-corrected chi connectivity index (χ2v) is 6.29. The molecule has 2 heterocycles. The summed E-state index contributed by atoms with van der Waals surface area (Å²) in [5.74, 6) is 0.0919. The number of ether oxygens (including phenoxy) is 1. The first-order valence-electron chi connectivity index (χ1n) is 8.72. The topological polar surface area (TPSA) is 59.4 Å². The highest BCUT2D eigenvalue weighted by Crippen LogP contribution is 2.17. The first-order chi connectivity index (χ1) is 11.7. The average Bonchev–Trinajstić information content (AvgIpc) is 3.02. The fourth-order valence-electron chi connectivity index (χ4n) is 3.15. The molecule has 1 aromatic carbocycles. The zero-order chi connectivity index (χ0) is 16.8. The van der Waals surface area contributed by atoms with Crippen molar-refractivity contribution in [1.29, 1.82) is 0 Å². The van der Waals surface area contributed by atoms with Crippen LogP contribution in [0.5, 0.6) is 0 Å². The molecule has 1 saturated heterocycles. The van der Waals surface area contributed by atoms with Gasteiger partial charge in [-0.05, 0) is 25.5 Å². The molecule has 0 bridgehead atoms. The Kier molecular flexibility index (Phi) is 5.82. The Bertz CT molecular complexity index is 677. The molecule has 1 amide bonds. The fourth-order valence-corrected chi connectivity index (χ4v) is 3.15. The van der Waals surface area contributed by atoms with Crippen molar-refractivity contribution < 1.29 is 9.53 Å². The van der Waals surface area contributed by atoms with Gasteiger partial charge in [0.2, 0.25) is 5.91 Å². The Morgan fingerprint density at radius 3 is 2.96 bits per heavy atom. The third-order valence-corrected chi connectivity index (χ3v) is 4.49. The number of aromatic nitrogens is 2. The van der Waals surface area contributed by atoms with Crippen LogP contribution in [0.4, 0.5) is 0 Å². The van der Waals surface area contributed by atoms with Crippen LogP contribution >= 0.6 is 0 Å². The van der Waals surface area contributed by atoms with Gasteiger partial charge in [0.1, 0.15) is 0 Å². The Labute approximate surface area is 142 Å². The number of carbonyl (C=O) groups is 1. The molecule has 130 valence electrons. The summed E-state index contributed by atoms with van der Waals surface area (Å²) in [5, 5.41) is 8.54. The van der Waals surface area contributed by atoms with Gasteiger partial charge in [-0.25, -0.2) is 0 Å². The van der Waals surface area contributed by atoms with Gasteiger partial charge in [0.25, 0.3) is 0 Å². The van der Waals surface area contributed by atoms with Crippen molar-refractivity contribution in [2.45, 2.75) is 26.3 Å². The van der Waals surface area contributed by atoms with Gasteiger partial charge in [-0.3, -0.25) is 14.4 Å². The predicted molar refractivity (Wildman–Crippen MR) is 94.0 cm³/mol. The van der Waals surface area contributed by atoms with Crippen LogP contribution in [0, 0.1) is 6.92 Å². The molecule has 0 spiro atoms. The summed E-state index contributed by atoms with van der Waals surface area (Å²) in [6.07, 6.45) is 3.31. The molecule has 0 radical (unpaired) electrons. The molecule has 1 fully saturated rings. The summed E-state index contributed by atoms with van der Waals surface area (Å²) in [4.78, 5) is 14.4. The number of carbonyl (C=O) groups excluding carboxylic acids is 1. The van der Waals surface area contributed by atoms with Gasteiger partial charge >= 0.3 is 0 Å². The summed E-state index contributed by atoms with van der Waals surface area (Å²) in [7, 11) is 0. The summed E-state index contributed by atoms with van der Waals surface area (Å²) >= 11 is 0. The minimum Gasteiger partial charge on any atom is -0.379 e. The number of benzene rings is 1. The van der Waals surface area contributed by atoms with Crippen LogP contribution in [0.15, 0.2) is 24.4 Å². The molecule has 0 unspecified atom stereocenters. The number of fused-ring (bicyclic) bond motifs is 1. The molecule has 24 heavy (non-hydrogen) atoms. The van der Waals surface area contributed by atoms with E-state index >= 15 is 0 Å². The maximum Gasteiger partial charge on any atom is 0.221 e. The third kappa shape index (κ3) is 4.33. The van der Waals surface area contributed by atoms with Crippen LogP contribution in [-0.4, -0.2) is 60.0 Å². The number of hydrogen-bond acceptors (Lipinski definition) is 4. The zero-order valence-corrected chi connectivity index (χ0v) is 14.3. The number of nitrogens with zero attached hydrogens (tertiary/aromatic N) is 3. The van der Waals surface area contributed by atoms with E-state index in [1.165, 1.54) is 5.56 Å². The van der Waals surface area contributed by atoms with Crippen molar-refractivity contribution >= 4 is 16.8 Å².